The summed E-state index contributed by atoms with van der Waals surface area (Å²) < 4.78 is 2.80. The van der Waals surface area contributed by atoms with Crippen LogP contribution in [0.3, 0.4) is 0 Å². The molecule has 1 unspecified atom stereocenters. The van der Waals surface area contributed by atoms with Crippen LogP contribution in [-0.2, 0) is 6.54 Å². The van der Waals surface area contributed by atoms with Gasteiger partial charge in [-0.05, 0) is 30.0 Å². The molecule has 2 rings (SSSR count). The summed E-state index contributed by atoms with van der Waals surface area (Å²) >= 11 is 3.50. The largest absolute Gasteiger partial charge is 0.318 e. The molecule has 0 saturated heterocycles. The number of rotatable bonds is 5. The SMILES string of the molecule is CN(C)CCn1ncc(Br)c1C(N)c1cnccn1. The zero-order valence-electron chi connectivity index (χ0n) is 11.0. The molecule has 2 aromatic rings. The highest BCUT2D eigenvalue weighted by molar-refractivity contribution is 9.10. The van der Waals surface area contributed by atoms with Crippen LogP contribution in [-0.4, -0.2) is 45.3 Å². The monoisotopic (exact) mass is 324 g/mol. The van der Waals surface area contributed by atoms with Gasteiger partial charge < -0.3 is 10.6 Å². The Hall–Kier alpha value is -1.31. The van der Waals surface area contributed by atoms with E-state index in [1.54, 1.807) is 24.8 Å². The molecule has 0 radical (unpaired) electrons. The molecule has 0 saturated carbocycles. The maximum atomic E-state index is 6.26. The fraction of sp³-hybridized carbons (Fsp3) is 0.417. The van der Waals surface area contributed by atoms with Crippen molar-refractivity contribution in [1.82, 2.24) is 24.6 Å². The summed E-state index contributed by atoms with van der Waals surface area (Å²) in [6.07, 6.45) is 6.72. The third kappa shape index (κ3) is 3.37. The Morgan fingerprint density at radius 2 is 2.16 bits per heavy atom. The van der Waals surface area contributed by atoms with Gasteiger partial charge >= 0.3 is 0 Å². The van der Waals surface area contributed by atoms with E-state index in [0.717, 1.165) is 29.0 Å². The number of aromatic nitrogens is 4. The van der Waals surface area contributed by atoms with Crippen molar-refractivity contribution in [2.24, 2.45) is 5.73 Å². The van der Waals surface area contributed by atoms with E-state index in [1.807, 2.05) is 18.8 Å². The van der Waals surface area contributed by atoms with Crippen LogP contribution in [0.5, 0.6) is 0 Å². The molecule has 2 N–H and O–H groups in total. The summed E-state index contributed by atoms with van der Waals surface area (Å²) in [4.78, 5) is 10.4. The Balaban J connectivity index is 2.26. The minimum absolute atomic E-state index is 0.340. The second-order valence-corrected chi connectivity index (χ2v) is 5.37. The Bertz CT molecular complexity index is 524. The zero-order chi connectivity index (χ0) is 13.8. The lowest BCUT2D eigenvalue weighted by Crippen LogP contribution is -2.24. The number of hydrogen-bond acceptors (Lipinski definition) is 5. The van der Waals surface area contributed by atoms with Crippen molar-refractivity contribution >= 4 is 15.9 Å². The fourth-order valence-electron chi connectivity index (χ4n) is 1.77. The van der Waals surface area contributed by atoms with Crippen LogP contribution in [0.2, 0.25) is 0 Å². The van der Waals surface area contributed by atoms with Crippen LogP contribution in [0.1, 0.15) is 17.4 Å². The second-order valence-electron chi connectivity index (χ2n) is 4.51. The standard InChI is InChI=1S/C12H17BrN6/c1-18(2)5-6-19-12(9(13)7-17-19)11(14)10-8-15-3-4-16-10/h3-4,7-8,11H,5-6,14H2,1-2H3. The zero-order valence-corrected chi connectivity index (χ0v) is 12.6. The Morgan fingerprint density at radius 3 is 2.79 bits per heavy atom. The molecule has 0 aliphatic heterocycles. The van der Waals surface area contributed by atoms with Gasteiger partial charge in [-0.15, -0.1) is 0 Å². The summed E-state index contributed by atoms with van der Waals surface area (Å²) in [6.45, 7) is 1.68. The first-order valence-corrected chi connectivity index (χ1v) is 6.76. The smallest absolute Gasteiger partial charge is 0.0924 e. The van der Waals surface area contributed by atoms with Gasteiger partial charge in [-0.25, -0.2) is 0 Å². The number of nitrogens with two attached hydrogens (primary N) is 1. The van der Waals surface area contributed by atoms with Crippen molar-refractivity contribution in [1.29, 1.82) is 0 Å². The molecule has 2 aromatic heterocycles. The number of likely N-dealkylation sites (N-methyl/N-ethyl adjacent to an activating group) is 1. The van der Waals surface area contributed by atoms with Crippen molar-refractivity contribution in [2.45, 2.75) is 12.6 Å². The topological polar surface area (TPSA) is 72.9 Å². The predicted octanol–water partition coefficient (Wildman–Crippen LogP) is 1.05. The van der Waals surface area contributed by atoms with E-state index >= 15 is 0 Å². The normalized spacial score (nSPS) is 12.9. The lowest BCUT2D eigenvalue weighted by molar-refractivity contribution is 0.367. The summed E-state index contributed by atoms with van der Waals surface area (Å²) in [5.41, 5.74) is 7.91. The molecule has 0 fully saturated rings. The third-order valence-electron chi connectivity index (χ3n) is 2.79. The first-order valence-electron chi connectivity index (χ1n) is 5.97. The van der Waals surface area contributed by atoms with E-state index in [2.05, 4.69) is 35.9 Å². The average molecular weight is 325 g/mol. The van der Waals surface area contributed by atoms with E-state index < -0.39 is 0 Å². The van der Waals surface area contributed by atoms with Crippen molar-refractivity contribution in [2.75, 3.05) is 20.6 Å². The van der Waals surface area contributed by atoms with E-state index in [1.165, 1.54) is 0 Å². The molecule has 0 aliphatic carbocycles. The van der Waals surface area contributed by atoms with Crippen LogP contribution in [0.4, 0.5) is 0 Å². The van der Waals surface area contributed by atoms with Gasteiger partial charge in [0.05, 0.1) is 40.8 Å². The Morgan fingerprint density at radius 1 is 1.37 bits per heavy atom. The molecule has 6 nitrogen and oxygen atoms in total. The number of nitrogens with zero attached hydrogens (tertiary/aromatic N) is 5. The van der Waals surface area contributed by atoms with E-state index in [-0.39, 0.29) is 6.04 Å². The molecule has 7 heteroatoms. The van der Waals surface area contributed by atoms with Gasteiger partial charge in [-0.2, -0.15) is 5.10 Å². The maximum absolute atomic E-state index is 6.26. The molecule has 0 aromatic carbocycles. The molecule has 0 amide bonds. The highest BCUT2D eigenvalue weighted by Gasteiger charge is 2.19. The molecular weight excluding hydrogens is 308 g/mol. The highest BCUT2D eigenvalue weighted by atomic mass is 79.9. The highest BCUT2D eigenvalue weighted by Crippen LogP contribution is 2.25. The van der Waals surface area contributed by atoms with Crippen LogP contribution < -0.4 is 5.73 Å². The lowest BCUT2D eigenvalue weighted by atomic mass is 10.1. The van der Waals surface area contributed by atoms with E-state index in [0.29, 0.717) is 0 Å². The van der Waals surface area contributed by atoms with Gasteiger partial charge in [-0.3, -0.25) is 14.6 Å². The fourth-order valence-corrected chi connectivity index (χ4v) is 2.31. The van der Waals surface area contributed by atoms with Crippen LogP contribution in [0.25, 0.3) is 0 Å². The quantitative estimate of drug-likeness (QED) is 0.889. The first kappa shape index (κ1) is 14.1. The number of hydrogen-bond donors (Lipinski definition) is 1. The first-order chi connectivity index (χ1) is 9.09. The molecule has 1 atom stereocenters. The molecule has 0 spiro atoms. The van der Waals surface area contributed by atoms with Crippen LogP contribution in [0, 0.1) is 0 Å². The number of halogens is 1. The van der Waals surface area contributed by atoms with E-state index in [9.17, 15) is 0 Å². The van der Waals surface area contributed by atoms with Gasteiger partial charge in [0.1, 0.15) is 0 Å². The molecule has 19 heavy (non-hydrogen) atoms. The predicted molar refractivity (Wildman–Crippen MR) is 76.5 cm³/mol. The molecule has 0 bridgehead atoms. The molecular formula is C12H17BrN6. The Labute approximate surface area is 120 Å². The minimum Gasteiger partial charge on any atom is -0.318 e. The van der Waals surface area contributed by atoms with Crippen LogP contribution in [0.15, 0.2) is 29.3 Å². The average Bonchev–Trinajstić information content (AvgIpc) is 2.78. The summed E-state index contributed by atoms with van der Waals surface area (Å²) in [5.74, 6) is 0. The minimum atomic E-state index is -0.340. The van der Waals surface area contributed by atoms with Crippen molar-refractivity contribution in [3.8, 4) is 0 Å². The van der Waals surface area contributed by atoms with Gasteiger partial charge in [0.15, 0.2) is 0 Å². The maximum Gasteiger partial charge on any atom is 0.0924 e. The van der Waals surface area contributed by atoms with Gasteiger partial charge in [-0.1, -0.05) is 0 Å². The summed E-state index contributed by atoms with van der Waals surface area (Å²) in [5, 5.41) is 4.35. The van der Waals surface area contributed by atoms with Crippen LogP contribution >= 0.6 is 15.9 Å². The van der Waals surface area contributed by atoms with E-state index in [4.69, 9.17) is 5.73 Å². The van der Waals surface area contributed by atoms with Crippen molar-refractivity contribution < 1.29 is 0 Å². The van der Waals surface area contributed by atoms with Gasteiger partial charge in [0.25, 0.3) is 0 Å². The Kier molecular flexibility index (Phi) is 4.62. The second kappa shape index (κ2) is 6.23. The van der Waals surface area contributed by atoms with Crippen molar-refractivity contribution in [3.05, 3.63) is 40.6 Å². The third-order valence-corrected chi connectivity index (χ3v) is 3.40. The summed E-state index contributed by atoms with van der Waals surface area (Å²) in [6, 6.07) is -0.340. The lowest BCUT2D eigenvalue weighted by Gasteiger charge is -2.16. The molecule has 102 valence electrons. The molecule has 0 aliphatic rings. The van der Waals surface area contributed by atoms with Gasteiger partial charge in [0, 0.05) is 18.9 Å². The van der Waals surface area contributed by atoms with Gasteiger partial charge in [0.2, 0.25) is 0 Å². The molecule has 2 heterocycles. The van der Waals surface area contributed by atoms with Crippen molar-refractivity contribution in [3.63, 3.8) is 0 Å². The summed E-state index contributed by atoms with van der Waals surface area (Å²) in [7, 11) is 4.06.